The molecule has 0 radical (unpaired) electrons. The summed E-state index contributed by atoms with van der Waals surface area (Å²) in [7, 11) is 2.04. The SMILES string of the molecule is CNC(/C1=C/CCCCCC1)c1ccc2c(c1)OCCO2. The van der Waals surface area contributed by atoms with Crippen molar-refractivity contribution in [2.75, 3.05) is 20.3 Å². The molecule has 0 aromatic heterocycles. The van der Waals surface area contributed by atoms with Gasteiger partial charge in [0.2, 0.25) is 0 Å². The molecule has 0 saturated carbocycles. The van der Waals surface area contributed by atoms with Crippen LogP contribution in [0.3, 0.4) is 0 Å². The highest BCUT2D eigenvalue weighted by atomic mass is 16.6. The van der Waals surface area contributed by atoms with Gasteiger partial charge in [-0.25, -0.2) is 0 Å². The number of fused-ring (bicyclic) bond motifs is 1. The summed E-state index contributed by atoms with van der Waals surface area (Å²) in [6.45, 7) is 1.29. The number of ether oxygens (including phenoxy) is 2. The number of hydrogen-bond donors (Lipinski definition) is 1. The fourth-order valence-electron chi connectivity index (χ4n) is 3.28. The Morgan fingerprint density at radius 1 is 1.00 bits per heavy atom. The zero-order chi connectivity index (χ0) is 14.5. The molecule has 2 aliphatic rings. The largest absolute Gasteiger partial charge is 0.486 e. The van der Waals surface area contributed by atoms with Gasteiger partial charge in [-0.15, -0.1) is 0 Å². The summed E-state index contributed by atoms with van der Waals surface area (Å²) >= 11 is 0. The number of likely N-dealkylation sites (N-methyl/N-ethyl adjacent to an activating group) is 1. The van der Waals surface area contributed by atoms with Crippen LogP contribution in [0.2, 0.25) is 0 Å². The fourth-order valence-corrected chi connectivity index (χ4v) is 3.28. The van der Waals surface area contributed by atoms with Gasteiger partial charge in [-0.05, 0) is 50.4 Å². The molecule has 3 rings (SSSR count). The highest BCUT2D eigenvalue weighted by molar-refractivity contribution is 5.46. The van der Waals surface area contributed by atoms with E-state index in [1.54, 1.807) is 0 Å². The molecule has 114 valence electrons. The van der Waals surface area contributed by atoms with Gasteiger partial charge in [0.15, 0.2) is 11.5 Å². The second-order valence-electron chi connectivity index (χ2n) is 5.86. The van der Waals surface area contributed by atoms with Crippen LogP contribution in [-0.2, 0) is 0 Å². The van der Waals surface area contributed by atoms with E-state index in [1.807, 2.05) is 13.1 Å². The van der Waals surface area contributed by atoms with Crippen LogP contribution in [0.5, 0.6) is 11.5 Å². The first-order chi connectivity index (χ1) is 10.4. The Kier molecular flexibility index (Phi) is 4.81. The number of benzene rings is 1. The summed E-state index contributed by atoms with van der Waals surface area (Å²) in [5, 5.41) is 3.48. The van der Waals surface area contributed by atoms with Gasteiger partial charge in [-0.3, -0.25) is 0 Å². The molecule has 0 spiro atoms. The molecule has 0 saturated heterocycles. The molecule has 1 aromatic carbocycles. The molecule has 0 bridgehead atoms. The lowest BCUT2D eigenvalue weighted by molar-refractivity contribution is 0.171. The Hall–Kier alpha value is -1.48. The molecule has 21 heavy (non-hydrogen) atoms. The van der Waals surface area contributed by atoms with Crippen LogP contribution in [0.1, 0.15) is 50.1 Å². The Morgan fingerprint density at radius 3 is 2.67 bits per heavy atom. The lowest BCUT2D eigenvalue weighted by Crippen LogP contribution is -2.20. The minimum atomic E-state index is 0.291. The van der Waals surface area contributed by atoms with Crippen LogP contribution in [0, 0.1) is 0 Å². The predicted molar refractivity (Wildman–Crippen MR) is 85.0 cm³/mol. The summed E-state index contributed by atoms with van der Waals surface area (Å²) in [5.74, 6) is 1.75. The van der Waals surface area contributed by atoms with Crippen molar-refractivity contribution in [3.63, 3.8) is 0 Å². The average Bonchev–Trinajstić information content (AvgIpc) is 2.49. The Morgan fingerprint density at radius 2 is 1.81 bits per heavy atom. The van der Waals surface area contributed by atoms with E-state index in [-0.39, 0.29) is 0 Å². The Bertz CT molecular complexity index is 510. The monoisotopic (exact) mass is 287 g/mol. The minimum Gasteiger partial charge on any atom is -0.486 e. The van der Waals surface area contributed by atoms with Gasteiger partial charge in [-0.2, -0.15) is 0 Å². The van der Waals surface area contributed by atoms with E-state index in [2.05, 4.69) is 23.5 Å². The van der Waals surface area contributed by atoms with Crippen molar-refractivity contribution in [3.8, 4) is 11.5 Å². The third-order valence-corrected chi connectivity index (χ3v) is 4.39. The molecule has 3 nitrogen and oxygen atoms in total. The molecule has 1 aliphatic heterocycles. The van der Waals surface area contributed by atoms with Crippen molar-refractivity contribution in [1.82, 2.24) is 5.32 Å². The van der Waals surface area contributed by atoms with E-state index < -0.39 is 0 Å². The zero-order valence-corrected chi connectivity index (χ0v) is 12.9. The third-order valence-electron chi connectivity index (χ3n) is 4.39. The number of allylic oxidation sites excluding steroid dienone is 1. The van der Waals surface area contributed by atoms with Crippen LogP contribution in [-0.4, -0.2) is 20.3 Å². The van der Waals surface area contributed by atoms with Crippen molar-refractivity contribution in [1.29, 1.82) is 0 Å². The zero-order valence-electron chi connectivity index (χ0n) is 12.9. The highest BCUT2D eigenvalue weighted by Gasteiger charge is 2.19. The third kappa shape index (κ3) is 3.41. The summed E-state index contributed by atoms with van der Waals surface area (Å²) in [5.41, 5.74) is 2.79. The van der Waals surface area contributed by atoms with Crippen LogP contribution in [0.4, 0.5) is 0 Å². The van der Waals surface area contributed by atoms with Crippen molar-refractivity contribution in [2.24, 2.45) is 0 Å². The van der Waals surface area contributed by atoms with E-state index in [0.29, 0.717) is 19.3 Å². The smallest absolute Gasteiger partial charge is 0.161 e. The van der Waals surface area contributed by atoms with E-state index in [0.717, 1.165) is 11.5 Å². The minimum absolute atomic E-state index is 0.291. The maximum Gasteiger partial charge on any atom is 0.161 e. The van der Waals surface area contributed by atoms with Gasteiger partial charge in [0.05, 0.1) is 6.04 Å². The standard InChI is InChI=1S/C18H25NO2/c1-19-18(14-7-5-3-2-4-6-8-14)15-9-10-16-17(13-15)21-12-11-20-16/h7,9-10,13,18-19H,2-6,8,11-12H2,1H3/b14-7+. The van der Waals surface area contributed by atoms with E-state index in [4.69, 9.17) is 9.47 Å². The first kappa shape index (κ1) is 14.5. The van der Waals surface area contributed by atoms with Gasteiger partial charge in [0.25, 0.3) is 0 Å². The number of nitrogens with one attached hydrogen (secondary N) is 1. The quantitative estimate of drug-likeness (QED) is 0.852. The van der Waals surface area contributed by atoms with Gasteiger partial charge < -0.3 is 14.8 Å². The van der Waals surface area contributed by atoms with Crippen LogP contribution in [0.15, 0.2) is 29.8 Å². The van der Waals surface area contributed by atoms with E-state index in [9.17, 15) is 0 Å². The van der Waals surface area contributed by atoms with E-state index >= 15 is 0 Å². The maximum absolute atomic E-state index is 5.72. The second kappa shape index (κ2) is 6.99. The molecular formula is C18H25NO2. The van der Waals surface area contributed by atoms with Crippen molar-refractivity contribution < 1.29 is 9.47 Å². The van der Waals surface area contributed by atoms with Crippen molar-refractivity contribution in [2.45, 2.75) is 44.6 Å². The number of hydrogen-bond acceptors (Lipinski definition) is 3. The molecule has 1 N–H and O–H groups in total. The first-order valence-electron chi connectivity index (χ1n) is 8.14. The molecule has 1 aromatic rings. The summed E-state index contributed by atoms with van der Waals surface area (Å²) in [6, 6.07) is 6.63. The van der Waals surface area contributed by atoms with Gasteiger partial charge in [0, 0.05) is 0 Å². The van der Waals surface area contributed by atoms with Gasteiger partial charge >= 0.3 is 0 Å². The second-order valence-corrected chi connectivity index (χ2v) is 5.86. The fraction of sp³-hybridized carbons (Fsp3) is 0.556. The molecule has 0 fully saturated rings. The van der Waals surface area contributed by atoms with Crippen LogP contribution in [0.25, 0.3) is 0 Å². The predicted octanol–water partition coefficient (Wildman–Crippen LogP) is 4.00. The number of rotatable bonds is 3. The highest BCUT2D eigenvalue weighted by Crippen LogP contribution is 2.35. The van der Waals surface area contributed by atoms with Crippen LogP contribution >= 0.6 is 0 Å². The molecule has 1 atom stereocenters. The van der Waals surface area contributed by atoms with Crippen molar-refractivity contribution >= 4 is 0 Å². The summed E-state index contributed by atoms with van der Waals surface area (Å²) < 4.78 is 11.3. The topological polar surface area (TPSA) is 30.5 Å². The average molecular weight is 287 g/mol. The lowest BCUT2D eigenvalue weighted by atomic mass is 9.91. The molecule has 0 amide bonds. The van der Waals surface area contributed by atoms with Crippen LogP contribution < -0.4 is 14.8 Å². The van der Waals surface area contributed by atoms with Crippen molar-refractivity contribution in [3.05, 3.63) is 35.4 Å². The summed E-state index contributed by atoms with van der Waals surface area (Å²) in [4.78, 5) is 0. The molecule has 1 unspecified atom stereocenters. The van der Waals surface area contributed by atoms with Gasteiger partial charge in [0.1, 0.15) is 13.2 Å². The van der Waals surface area contributed by atoms with E-state index in [1.165, 1.54) is 49.7 Å². The Balaban J connectivity index is 1.84. The molecular weight excluding hydrogens is 262 g/mol. The first-order valence-corrected chi connectivity index (χ1v) is 8.14. The van der Waals surface area contributed by atoms with Gasteiger partial charge in [-0.1, -0.05) is 30.6 Å². The summed E-state index contributed by atoms with van der Waals surface area (Å²) in [6.07, 6.45) is 10.2. The molecule has 3 heteroatoms. The maximum atomic E-state index is 5.72. The molecule has 1 heterocycles. The Labute approximate surface area is 127 Å². The lowest BCUT2D eigenvalue weighted by Gasteiger charge is -2.25. The normalized spacial score (nSPS) is 22.6. The molecule has 1 aliphatic carbocycles.